The second-order valence-electron chi connectivity index (χ2n) is 7.04. The number of amides is 1. The molecule has 1 fully saturated rings. The van der Waals surface area contributed by atoms with Gasteiger partial charge in [-0.25, -0.2) is 4.79 Å². The molecule has 122 valence electrons. The number of likely N-dealkylation sites (tertiary alicyclic amines) is 1. The van der Waals surface area contributed by atoms with Crippen LogP contribution in [0.4, 0.5) is 10.5 Å². The van der Waals surface area contributed by atoms with Gasteiger partial charge in [0, 0.05) is 18.3 Å². The number of rotatable bonds is 3. The van der Waals surface area contributed by atoms with Crippen LogP contribution in [0.3, 0.4) is 0 Å². The van der Waals surface area contributed by atoms with Crippen LogP contribution >= 0.6 is 0 Å². The molecular formula is C18H28N2O2. The first kappa shape index (κ1) is 16.7. The fraction of sp³-hybridized carbons (Fsp3) is 0.611. The molecule has 1 heterocycles. The van der Waals surface area contributed by atoms with Crippen LogP contribution in [0.1, 0.15) is 47.0 Å². The van der Waals surface area contributed by atoms with Gasteiger partial charge in [-0.2, -0.15) is 0 Å². The fourth-order valence-corrected chi connectivity index (χ4v) is 2.92. The van der Waals surface area contributed by atoms with Crippen molar-refractivity contribution in [3.8, 4) is 0 Å². The van der Waals surface area contributed by atoms with Gasteiger partial charge >= 0.3 is 6.09 Å². The van der Waals surface area contributed by atoms with E-state index < -0.39 is 5.60 Å². The van der Waals surface area contributed by atoms with Crippen LogP contribution in [0.2, 0.25) is 0 Å². The lowest BCUT2D eigenvalue weighted by Crippen LogP contribution is -2.52. The SMILES string of the molecule is C[C@@H](Nc1ccccc1)[C@H]1CCCCN1C(=O)OC(C)(C)C. The molecule has 2 rings (SSSR count). The minimum Gasteiger partial charge on any atom is -0.444 e. The number of para-hydroxylation sites is 1. The average Bonchev–Trinajstić information content (AvgIpc) is 2.46. The van der Waals surface area contributed by atoms with Crippen LogP contribution in [-0.2, 0) is 4.74 Å². The van der Waals surface area contributed by atoms with E-state index in [1.807, 2.05) is 43.9 Å². The third-order valence-electron chi connectivity index (χ3n) is 3.92. The van der Waals surface area contributed by atoms with Crippen LogP contribution in [0.15, 0.2) is 30.3 Å². The van der Waals surface area contributed by atoms with E-state index in [0.29, 0.717) is 0 Å². The van der Waals surface area contributed by atoms with E-state index >= 15 is 0 Å². The molecule has 1 aromatic carbocycles. The Kier molecular flexibility index (Phi) is 5.33. The first-order valence-electron chi connectivity index (χ1n) is 8.18. The van der Waals surface area contributed by atoms with Crippen molar-refractivity contribution in [2.75, 3.05) is 11.9 Å². The second kappa shape index (κ2) is 7.03. The third-order valence-corrected chi connectivity index (χ3v) is 3.92. The number of anilines is 1. The summed E-state index contributed by atoms with van der Waals surface area (Å²) >= 11 is 0. The molecule has 1 aromatic rings. The molecule has 4 heteroatoms. The summed E-state index contributed by atoms with van der Waals surface area (Å²) in [7, 11) is 0. The summed E-state index contributed by atoms with van der Waals surface area (Å²) in [5.74, 6) is 0. The van der Waals surface area contributed by atoms with Gasteiger partial charge in [-0.1, -0.05) is 18.2 Å². The average molecular weight is 304 g/mol. The molecule has 0 saturated carbocycles. The van der Waals surface area contributed by atoms with Crippen molar-refractivity contribution in [2.45, 2.75) is 64.6 Å². The van der Waals surface area contributed by atoms with Gasteiger partial charge in [0.25, 0.3) is 0 Å². The predicted molar refractivity (Wildman–Crippen MR) is 90.1 cm³/mol. The smallest absolute Gasteiger partial charge is 0.410 e. The minimum absolute atomic E-state index is 0.170. The zero-order chi connectivity index (χ0) is 16.2. The predicted octanol–water partition coefficient (Wildman–Crippen LogP) is 4.28. The quantitative estimate of drug-likeness (QED) is 0.906. The van der Waals surface area contributed by atoms with Gasteiger partial charge in [0.1, 0.15) is 5.60 Å². The Bertz CT molecular complexity index is 482. The van der Waals surface area contributed by atoms with E-state index in [9.17, 15) is 4.79 Å². The Morgan fingerprint density at radius 3 is 2.59 bits per heavy atom. The van der Waals surface area contributed by atoms with Crippen molar-refractivity contribution < 1.29 is 9.53 Å². The molecule has 0 aromatic heterocycles. The van der Waals surface area contributed by atoms with Crippen molar-refractivity contribution in [1.82, 2.24) is 4.90 Å². The van der Waals surface area contributed by atoms with Crippen molar-refractivity contribution in [3.05, 3.63) is 30.3 Å². The van der Waals surface area contributed by atoms with Crippen LogP contribution in [0.5, 0.6) is 0 Å². The van der Waals surface area contributed by atoms with Gasteiger partial charge in [0.15, 0.2) is 0 Å². The summed E-state index contributed by atoms with van der Waals surface area (Å²) in [5, 5.41) is 3.51. The first-order valence-corrected chi connectivity index (χ1v) is 8.18. The molecule has 1 amide bonds. The lowest BCUT2D eigenvalue weighted by Gasteiger charge is -2.40. The summed E-state index contributed by atoms with van der Waals surface area (Å²) in [6.45, 7) is 8.65. The number of nitrogens with one attached hydrogen (secondary N) is 1. The standard InChI is InChI=1S/C18H28N2O2/c1-14(19-15-10-6-5-7-11-15)16-12-8-9-13-20(16)17(21)22-18(2,3)4/h5-7,10-11,14,16,19H,8-9,12-13H2,1-4H3/t14-,16-/m1/s1. The Morgan fingerprint density at radius 2 is 1.95 bits per heavy atom. The maximum Gasteiger partial charge on any atom is 0.410 e. The molecular weight excluding hydrogens is 276 g/mol. The molecule has 4 nitrogen and oxygen atoms in total. The summed E-state index contributed by atoms with van der Waals surface area (Å²) in [4.78, 5) is 14.4. The molecule has 1 aliphatic heterocycles. The van der Waals surface area contributed by atoms with E-state index in [0.717, 1.165) is 31.5 Å². The number of hydrogen-bond donors (Lipinski definition) is 1. The van der Waals surface area contributed by atoms with Gasteiger partial charge in [0.05, 0.1) is 6.04 Å². The number of benzene rings is 1. The largest absolute Gasteiger partial charge is 0.444 e. The van der Waals surface area contributed by atoms with E-state index in [1.165, 1.54) is 0 Å². The molecule has 1 N–H and O–H groups in total. The Balaban J connectivity index is 2.04. The highest BCUT2D eigenvalue weighted by molar-refractivity contribution is 5.69. The maximum atomic E-state index is 12.5. The van der Waals surface area contributed by atoms with Crippen LogP contribution in [0.25, 0.3) is 0 Å². The second-order valence-corrected chi connectivity index (χ2v) is 7.04. The number of piperidine rings is 1. The van der Waals surface area contributed by atoms with Crippen LogP contribution in [0, 0.1) is 0 Å². The summed E-state index contributed by atoms with van der Waals surface area (Å²) in [6, 6.07) is 10.5. The van der Waals surface area contributed by atoms with Gasteiger partial charge in [-0.15, -0.1) is 0 Å². The molecule has 0 bridgehead atoms. The molecule has 2 atom stereocenters. The zero-order valence-corrected chi connectivity index (χ0v) is 14.1. The number of carbonyl (C=O) groups excluding carboxylic acids is 1. The summed E-state index contributed by atoms with van der Waals surface area (Å²) in [6.07, 6.45) is 3.03. The summed E-state index contributed by atoms with van der Waals surface area (Å²) < 4.78 is 5.57. The van der Waals surface area contributed by atoms with Gasteiger partial charge in [-0.05, 0) is 59.1 Å². The summed E-state index contributed by atoms with van der Waals surface area (Å²) in [5.41, 5.74) is 0.638. The highest BCUT2D eigenvalue weighted by Gasteiger charge is 2.33. The Labute approximate surface area is 133 Å². The fourth-order valence-electron chi connectivity index (χ4n) is 2.92. The topological polar surface area (TPSA) is 41.6 Å². The van der Waals surface area contributed by atoms with E-state index in [-0.39, 0.29) is 18.2 Å². The molecule has 0 radical (unpaired) electrons. The Morgan fingerprint density at radius 1 is 1.27 bits per heavy atom. The molecule has 0 spiro atoms. The zero-order valence-electron chi connectivity index (χ0n) is 14.1. The van der Waals surface area contributed by atoms with Gasteiger partial charge < -0.3 is 15.0 Å². The molecule has 0 aliphatic carbocycles. The maximum absolute atomic E-state index is 12.5. The monoisotopic (exact) mass is 304 g/mol. The first-order chi connectivity index (χ1) is 10.4. The lowest BCUT2D eigenvalue weighted by molar-refractivity contribution is 0.00813. The number of ether oxygens (including phenoxy) is 1. The third kappa shape index (κ3) is 4.65. The van der Waals surface area contributed by atoms with Crippen molar-refractivity contribution in [1.29, 1.82) is 0 Å². The molecule has 1 aliphatic rings. The highest BCUT2D eigenvalue weighted by Crippen LogP contribution is 2.24. The normalized spacial score (nSPS) is 20.4. The minimum atomic E-state index is -0.449. The van der Waals surface area contributed by atoms with Crippen LogP contribution < -0.4 is 5.32 Å². The van der Waals surface area contributed by atoms with E-state index in [1.54, 1.807) is 0 Å². The van der Waals surface area contributed by atoms with Crippen LogP contribution in [-0.4, -0.2) is 35.2 Å². The Hall–Kier alpha value is -1.71. The molecule has 0 unspecified atom stereocenters. The molecule has 22 heavy (non-hydrogen) atoms. The van der Waals surface area contributed by atoms with Crippen molar-refractivity contribution in [2.24, 2.45) is 0 Å². The number of hydrogen-bond acceptors (Lipinski definition) is 3. The lowest BCUT2D eigenvalue weighted by atomic mass is 9.96. The van der Waals surface area contributed by atoms with Crippen molar-refractivity contribution in [3.63, 3.8) is 0 Å². The number of nitrogens with zero attached hydrogens (tertiary/aromatic N) is 1. The molecule has 1 saturated heterocycles. The van der Waals surface area contributed by atoms with Gasteiger partial charge in [-0.3, -0.25) is 0 Å². The van der Waals surface area contributed by atoms with E-state index in [2.05, 4.69) is 24.4 Å². The highest BCUT2D eigenvalue weighted by atomic mass is 16.6. The van der Waals surface area contributed by atoms with Crippen molar-refractivity contribution >= 4 is 11.8 Å². The van der Waals surface area contributed by atoms with Gasteiger partial charge in [0.2, 0.25) is 0 Å². The number of carbonyl (C=O) groups is 1. The van der Waals surface area contributed by atoms with E-state index in [4.69, 9.17) is 4.74 Å².